The van der Waals surface area contributed by atoms with E-state index in [1.807, 2.05) is 6.92 Å². The molecule has 0 saturated carbocycles. The van der Waals surface area contributed by atoms with Crippen LogP contribution >= 0.6 is 0 Å². The Morgan fingerprint density at radius 1 is 1.44 bits per heavy atom. The van der Waals surface area contributed by atoms with Crippen molar-refractivity contribution in [2.45, 2.75) is 51.6 Å². The Bertz CT molecular complexity index is 254. The minimum absolute atomic E-state index is 0.0794. The van der Waals surface area contributed by atoms with Gasteiger partial charge in [0.25, 0.3) is 0 Å². The molecule has 0 aromatic heterocycles. The molecule has 1 N–H and O–H groups in total. The summed E-state index contributed by atoms with van der Waals surface area (Å²) in [6.45, 7) is 6.01. The van der Waals surface area contributed by atoms with E-state index in [1.165, 1.54) is 0 Å². The van der Waals surface area contributed by atoms with Crippen LogP contribution in [0.15, 0.2) is 0 Å². The normalized spacial score (nSPS) is 31.2. The molecule has 3 nitrogen and oxygen atoms in total. The highest BCUT2D eigenvalue weighted by Gasteiger charge is 2.50. The van der Waals surface area contributed by atoms with E-state index < -0.39 is 6.10 Å². The van der Waals surface area contributed by atoms with Crippen LogP contribution in [0.3, 0.4) is 0 Å². The molecule has 0 unspecified atom stereocenters. The lowest BCUT2D eigenvalue weighted by Gasteiger charge is -2.20. The zero-order valence-electron chi connectivity index (χ0n) is 10.5. The Morgan fingerprint density at radius 3 is 2.50 bits per heavy atom. The van der Waals surface area contributed by atoms with Crippen molar-refractivity contribution in [2.75, 3.05) is 7.11 Å². The van der Waals surface area contributed by atoms with Crippen molar-refractivity contribution in [3.8, 4) is 12.3 Å². The van der Waals surface area contributed by atoms with Gasteiger partial charge in [0.15, 0.2) is 0 Å². The van der Waals surface area contributed by atoms with Gasteiger partial charge in [-0.2, -0.15) is 0 Å². The average molecular weight is 226 g/mol. The molecule has 1 saturated heterocycles. The van der Waals surface area contributed by atoms with Crippen LogP contribution in [0, 0.1) is 24.2 Å². The molecule has 6 atom stereocenters. The monoisotopic (exact) mass is 226 g/mol. The highest BCUT2D eigenvalue weighted by molar-refractivity contribution is 5.04. The second-order valence-corrected chi connectivity index (χ2v) is 4.55. The minimum Gasteiger partial charge on any atom is -0.389 e. The van der Waals surface area contributed by atoms with Crippen LogP contribution in [0.25, 0.3) is 0 Å². The molecule has 0 radical (unpaired) electrons. The molecule has 0 aliphatic carbocycles. The maximum Gasteiger partial charge on any atom is 0.112 e. The number of hydrogen-bond donors (Lipinski definition) is 1. The fourth-order valence-corrected chi connectivity index (χ4v) is 2.18. The van der Waals surface area contributed by atoms with Gasteiger partial charge in [0, 0.05) is 18.9 Å². The molecule has 1 aliphatic heterocycles. The number of aliphatic hydroxyl groups is 1. The molecule has 92 valence electrons. The van der Waals surface area contributed by atoms with Crippen LogP contribution in [0.4, 0.5) is 0 Å². The molecule has 0 bridgehead atoms. The minimum atomic E-state index is -0.563. The van der Waals surface area contributed by atoms with E-state index in [4.69, 9.17) is 15.9 Å². The van der Waals surface area contributed by atoms with Crippen LogP contribution < -0.4 is 0 Å². The molecule has 0 aromatic rings. The molecule has 0 amide bonds. The van der Waals surface area contributed by atoms with Gasteiger partial charge in [0.1, 0.15) is 6.10 Å². The zero-order valence-corrected chi connectivity index (χ0v) is 10.5. The smallest absolute Gasteiger partial charge is 0.112 e. The molecular formula is C13H22O3. The first-order chi connectivity index (χ1) is 7.56. The summed E-state index contributed by atoms with van der Waals surface area (Å²) in [6.07, 6.45) is 5.81. The molecule has 0 aromatic carbocycles. The highest BCUT2D eigenvalue weighted by Crippen LogP contribution is 2.37. The maximum atomic E-state index is 9.90. The fourth-order valence-electron chi connectivity index (χ4n) is 2.18. The van der Waals surface area contributed by atoms with Crippen molar-refractivity contribution < 1.29 is 14.6 Å². The topological polar surface area (TPSA) is 42.0 Å². The number of ether oxygens (including phenoxy) is 2. The summed E-state index contributed by atoms with van der Waals surface area (Å²) < 4.78 is 10.9. The first kappa shape index (κ1) is 13.5. The van der Waals surface area contributed by atoms with Crippen molar-refractivity contribution in [3.63, 3.8) is 0 Å². The molecule has 1 fully saturated rings. The molecule has 16 heavy (non-hydrogen) atoms. The lowest BCUT2D eigenvalue weighted by Crippen LogP contribution is -2.30. The average Bonchev–Trinajstić information content (AvgIpc) is 3.08. The summed E-state index contributed by atoms with van der Waals surface area (Å²) in [6, 6.07) is 0. The molecule has 3 heteroatoms. The van der Waals surface area contributed by atoms with Gasteiger partial charge in [-0.25, -0.2) is 0 Å². The van der Waals surface area contributed by atoms with E-state index in [-0.39, 0.29) is 24.2 Å². The van der Waals surface area contributed by atoms with E-state index in [1.54, 1.807) is 7.11 Å². The van der Waals surface area contributed by atoms with E-state index in [9.17, 15) is 5.11 Å². The largest absolute Gasteiger partial charge is 0.389 e. The first-order valence-corrected chi connectivity index (χ1v) is 5.89. The van der Waals surface area contributed by atoms with Gasteiger partial charge in [-0.05, 0) is 13.3 Å². The number of rotatable bonds is 6. The summed E-state index contributed by atoms with van der Waals surface area (Å²) in [4.78, 5) is 0. The van der Waals surface area contributed by atoms with Gasteiger partial charge in [-0.15, -0.1) is 12.3 Å². The van der Waals surface area contributed by atoms with Gasteiger partial charge in [-0.3, -0.25) is 0 Å². The molecule has 1 rings (SSSR count). The second-order valence-electron chi connectivity index (χ2n) is 4.55. The maximum absolute atomic E-state index is 9.90. The van der Waals surface area contributed by atoms with Crippen LogP contribution in [0.2, 0.25) is 0 Å². The van der Waals surface area contributed by atoms with Crippen molar-refractivity contribution in [2.24, 2.45) is 11.8 Å². The SMILES string of the molecule is C#C[C@H](C)[C@H](O)[C@H]1O[C@@H]1[C@H](C)[C@H](CC)OC. The molecule has 0 spiro atoms. The van der Waals surface area contributed by atoms with Crippen molar-refractivity contribution >= 4 is 0 Å². The Kier molecular flexibility index (Phi) is 4.79. The van der Waals surface area contributed by atoms with Crippen LogP contribution in [-0.4, -0.2) is 36.6 Å². The van der Waals surface area contributed by atoms with Crippen LogP contribution in [0.5, 0.6) is 0 Å². The van der Waals surface area contributed by atoms with Crippen molar-refractivity contribution in [3.05, 3.63) is 0 Å². The third kappa shape index (κ3) is 2.76. The highest BCUT2D eigenvalue weighted by atomic mass is 16.6. The standard InChI is InChI=1S/C13H22O3/c1-6-8(3)11(14)13-12(16-13)9(4)10(7-2)15-5/h1,8-14H,7H2,2-5H3/t8-,9+,10-,11-,12+,13+/m0/s1. The van der Waals surface area contributed by atoms with E-state index >= 15 is 0 Å². The summed E-state index contributed by atoms with van der Waals surface area (Å²) in [5.74, 6) is 2.67. The third-order valence-electron chi connectivity index (χ3n) is 3.48. The van der Waals surface area contributed by atoms with E-state index in [0.29, 0.717) is 5.92 Å². The molecular weight excluding hydrogens is 204 g/mol. The number of terminal acetylenes is 1. The number of aliphatic hydroxyl groups excluding tert-OH is 1. The van der Waals surface area contributed by atoms with Gasteiger partial charge in [0.05, 0.1) is 18.3 Å². The quantitative estimate of drug-likeness (QED) is 0.550. The van der Waals surface area contributed by atoms with Crippen LogP contribution in [0.1, 0.15) is 27.2 Å². The van der Waals surface area contributed by atoms with Gasteiger partial charge >= 0.3 is 0 Å². The Labute approximate surface area is 98.1 Å². The number of hydrogen-bond acceptors (Lipinski definition) is 3. The molecule has 1 aliphatic rings. The van der Waals surface area contributed by atoms with Crippen LogP contribution in [-0.2, 0) is 9.47 Å². The first-order valence-electron chi connectivity index (χ1n) is 5.89. The molecule has 1 heterocycles. The zero-order chi connectivity index (χ0) is 12.3. The van der Waals surface area contributed by atoms with Gasteiger partial charge in [0.2, 0.25) is 0 Å². The summed E-state index contributed by atoms with van der Waals surface area (Å²) in [5, 5.41) is 9.90. The Morgan fingerprint density at radius 2 is 2.06 bits per heavy atom. The lowest BCUT2D eigenvalue weighted by atomic mass is 9.92. The fraction of sp³-hybridized carbons (Fsp3) is 0.846. The van der Waals surface area contributed by atoms with Crippen molar-refractivity contribution in [1.29, 1.82) is 0 Å². The van der Waals surface area contributed by atoms with Crippen molar-refractivity contribution in [1.82, 2.24) is 0 Å². The van der Waals surface area contributed by atoms with Gasteiger partial charge < -0.3 is 14.6 Å². The third-order valence-corrected chi connectivity index (χ3v) is 3.48. The summed E-state index contributed by atoms with van der Waals surface area (Å²) >= 11 is 0. The summed E-state index contributed by atoms with van der Waals surface area (Å²) in [5.41, 5.74) is 0. The van der Waals surface area contributed by atoms with E-state index in [0.717, 1.165) is 6.42 Å². The Hall–Kier alpha value is -0.560. The predicted molar refractivity (Wildman–Crippen MR) is 62.9 cm³/mol. The number of epoxide rings is 1. The second kappa shape index (κ2) is 5.67. The predicted octanol–water partition coefficient (Wildman–Crippen LogP) is 1.45. The van der Waals surface area contributed by atoms with E-state index in [2.05, 4.69) is 19.8 Å². The number of methoxy groups -OCH3 is 1. The Balaban J connectivity index is 2.47. The summed E-state index contributed by atoms with van der Waals surface area (Å²) in [7, 11) is 1.71. The lowest BCUT2D eigenvalue weighted by molar-refractivity contribution is 0.0445. The van der Waals surface area contributed by atoms with Gasteiger partial charge in [-0.1, -0.05) is 13.8 Å².